The molecule has 0 saturated heterocycles. The molecule has 0 aliphatic carbocycles. The Hall–Kier alpha value is -3.10. The molecule has 0 saturated carbocycles. The second kappa shape index (κ2) is 15.9. The first-order chi connectivity index (χ1) is 17.4. The molecule has 9 heteroatoms. The van der Waals surface area contributed by atoms with E-state index in [1.807, 2.05) is 51.1 Å². The third-order valence-electron chi connectivity index (χ3n) is 5.41. The van der Waals surface area contributed by atoms with E-state index in [4.69, 9.17) is 14.2 Å². The quantitative estimate of drug-likeness (QED) is 0.196. The molecule has 0 aliphatic rings. The van der Waals surface area contributed by atoms with Crippen LogP contribution in [0.15, 0.2) is 30.3 Å². The number of carbonyl (C=O) groups excluding carboxylic acids is 4. The molecule has 0 fully saturated rings. The number of rotatable bonds is 15. The molecule has 0 aromatic heterocycles. The molecule has 1 unspecified atom stereocenters. The van der Waals surface area contributed by atoms with Crippen molar-refractivity contribution in [2.24, 2.45) is 5.92 Å². The van der Waals surface area contributed by atoms with Crippen LogP contribution in [0, 0.1) is 5.92 Å². The van der Waals surface area contributed by atoms with Crippen LogP contribution in [0.5, 0.6) is 0 Å². The molecular weight excluding hydrogens is 476 g/mol. The Balaban J connectivity index is 2.85. The molecule has 37 heavy (non-hydrogen) atoms. The van der Waals surface area contributed by atoms with Crippen molar-refractivity contribution in [3.8, 4) is 0 Å². The van der Waals surface area contributed by atoms with Gasteiger partial charge in [-0.1, -0.05) is 76.8 Å². The number of esters is 2. The lowest BCUT2D eigenvalue weighted by Crippen LogP contribution is -2.58. The maximum Gasteiger partial charge on any atom is 0.407 e. The number of hydrogen-bond acceptors (Lipinski definition) is 7. The molecule has 208 valence electrons. The zero-order valence-electron chi connectivity index (χ0n) is 23.2. The van der Waals surface area contributed by atoms with E-state index in [9.17, 15) is 19.2 Å². The van der Waals surface area contributed by atoms with E-state index >= 15 is 0 Å². The summed E-state index contributed by atoms with van der Waals surface area (Å²) >= 11 is 0. The first-order valence-corrected chi connectivity index (χ1v) is 13.0. The maximum absolute atomic E-state index is 13.4. The fourth-order valence-electron chi connectivity index (χ4n) is 3.32. The van der Waals surface area contributed by atoms with Crippen LogP contribution in [0.1, 0.15) is 85.6 Å². The van der Waals surface area contributed by atoms with Crippen molar-refractivity contribution < 1.29 is 33.4 Å². The maximum atomic E-state index is 13.4. The Morgan fingerprint density at radius 2 is 1.57 bits per heavy atom. The normalized spacial score (nSPS) is 12.8. The molecular formula is C28H44N2O7. The molecule has 0 radical (unpaired) electrons. The minimum absolute atomic E-state index is 0.0565. The molecule has 2 amide bonds. The molecule has 0 spiro atoms. The van der Waals surface area contributed by atoms with E-state index in [2.05, 4.69) is 17.6 Å². The van der Waals surface area contributed by atoms with Crippen molar-refractivity contribution in [1.82, 2.24) is 10.6 Å². The Morgan fingerprint density at radius 3 is 2.16 bits per heavy atom. The average molecular weight is 521 g/mol. The summed E-state index contributed by atoms with van der Waals surface area (Å²) in [6, 6.07) is 9.12. The first kappa shape index (κ1) is 31.9. The predicted octanol–water partition coefficient (Wildman–Crippen LogP) is 4.67. The fourth-order valence-corrected chi connectivity index (χ4v) is 3.32. The third-order valence-corrected chi connectivity index (χ3v) is 5.41. The molecule has 1 atom stereocenters. The van der Waals surface area contributed by atoms with Gasteiger partial charge in [0.25, 0.3) is 5.91 Å². The Morgan fingerprint density at radius 1 is 0.919 bits per heavy atom. The van der Waals surface area contributed by atoms with Gasteiger partial charge in [0, 0.05) is 5.54 Å². The number of carbonyl (C=O) groups is 4. The van der Waals surface area contributed by atoms with E-state index in [0.29, 0.717) is 6.42 Å². The van der Waals surface area contributed by atoms with Crippen LogP contribution in [-0.4, -0.2) is 48.2 Å². The predicted molar refractivity (Wildman–Crippen MR) is 141 cm³/mol. The number of unbranched alkanes of at least 4 members (excludes halogenated alkanes) is 4. The zero-order valence-corrected chi connectivity index (χ0v) is 23.2. The monoisotopic (exact) mass is 520 g/mol. The highest BCUT2D eigenvalue weighted by atomic mass is 16.6. The summed E-state index contributed by atoms with van der Waals surface area (Å²) in [5.74, 6) is -2.33. The second-order valence-electron chi connectivity index (χ2n) is 10.5. The highest BCUT2D eigenvalue weighted by Gasteiger charge is 2.45. The summed E-state index contributed by atoms with van der Waals surface area (Å²) in [6.07, 6.45) is 4.01. The van der Waals surface area contributed by atoms with Gasteiger partial charge in [-0.15, -0.1) is 0 Å². The van der Waals surface area contributed by atoms with Gasteiger partial charge in [-0.3, -0.25) is 14.4 Å². The molecule has 0 heterocycles. The van der Waals surface area contributed by atoms with Crippen LogP contribution in [0.2, 0.25) is 0 Å². The van der Waals surface area contributed by atoms with Gasteiger partial charge in [-0.2, -0.15) is 0 Å². The topological polar surface area (TPSA) is 120 Å². The summed E-state index contributed by atoms with van der Waals surface area (Å²) in [7, 11) is 0. The number of alkyl carbamates (subject to hydrolysis) is 1. The van der Waals surface area contributed by atoms with E-state index in [1.54, 1.807) is 13.8 Å². The molecule has 2 N–H and O–H groups in total. The lowest BCUT2D eigenvalue weighted by Gasteiger charge is -2.35. The number of ether oxygens (including phenoxy) is 3. The van der Waals surface area contributed by atoms with Crippen LogP contribution >= 0.6 is 0 Å². The molecule has 9 nitrogen and oxygen atoms in total. The minimum Gasteiger partial charge on any atom is -0.460 e. The largest absolute Gasteiger partial charge is 0.460 e. The van der Waals surface area contributed by atoms with E-state index in [1.165, 1.54) is 0 Å². The van der Waals surface area contributed by atoms with E-state index in [0.717, 1.165) is 31.2 Å². The molecule has 1 aromatic carbocycles. The Bertz CT molecular complexity index is 865. The van der Waals surface area contributed by atoms with Crippen molar-refractivity contribution in [2.45, 2.75) is 97.8 Å². The molecule has 1 rings (SSSR count). The molecule has 0 aliphatic heterocycles. The second-order valence-corrected chi connectivity index (χ2v) is 10.5. The number of benzene rings is 1. The lowest BCUT2D eigenvalue weighted by atomic mass is 9.93. The number of hydrogen-bond donors (Lipinski definition) is 2. The highest BCUT2D eigenvalue weighted by molar-refractivity contribution is 5.89. The van der Waals surface area contributed by atoms with Crippen LogP contribution in [0.4, 0.5) is 4.79 Å². The van der Waals surface area contributed by atoms with E-state index < -0.39 is 54.1 Å². The molecule has 0 bridgehead atoms. The molecule has 1 aromatic rings. The van der Waals surface area contributed by atoms with Crippen molar-refractivity contribution in [1.29, 1.82) is 0 Å². The summed E-state index contributed by atoms with van der Waals surface area (Å²) in [5.41, 5.74) is -1.46. The fraction of sp³-hybridized carbons (Fsp3) is 0.643. The van der Waals surface area contributed by atoms with Crippen molar-refractivity contribution in [3.05, 3.63) is 35.9 Å². The first-order valence-electron chi connectivity index (χ1n) is 13.0. The zero-order chi connectivity index (χ0) is 27.9. The van der Waals surface area contributed by atoms with Gasteiger partial charge in [0.05, 0.1) is 5.92 Å². The van der Waals surface area contributed by atoms with Crippen molar-refractivity contribution in [3.63, 3.8) is 0 Å². The summed E-state index contributed by atoms with van der Waals surface area (Å²) in [4.78, 5) is 50.4. The average Bonchev–Trinajstić information content (AvgIpc) is 2.83. The minimum atomic E-state index is -1.68. The highest BCUT2D eigenvalue weighted by Crippen LogP contribution is 2.25. The van der Waals surface area contributed by atoms with E-state index in [-0.39, 0.29) is 13.0 Å². The van der Waals surface area contributed by atoms with Gasteiger partial charge in [-0.25, -0.2) is 4.79 Å². The van der Waals surface area contributed by atoms with Gasteiger partial charge in [0.2, 0.25) is 5.60 Å². The van der Waals surface area contributed by atoms with Crippen LogP contribution < -0.4 is 10.6 Å². The smallest absolute Gasteiger partial charge is 0.407 e. The summed E-state index contributed by atoms with van der Waals surface area (Å²) in [6.45, 7) is 10.0. The standard InChI is InChI=1S/C28H44N2O7/c1-7-8-9-10-14-17-28(37-24(32)21(2)3,25(33)30-27(4,5)6)20-36-23(31)18-29-26(34)35-19-22-15-12-11-13-16-22/h11-13,15-16,21H,7-10,14,17-20H2,1-6H3,(H,29,34)(H,30,33). The summed E-state index contributed by atoms with van der Waals surface area (Å²) < 4.78 is 16.2. The van der Waals surface area contributed by atoms with Crippen LogP contribution in [-0.2, 0) is 35.2 Å². The Labute approximate surface area is 221 Å². The Kier molecular flexibility index (Phi) is 13.7. The van der Waals surface area contributed by atoms with Gasteiger partial charge >= 0.3 is 18.0 Å². The van der Waals surface area contributed by atoms with Gasteiger partial charge in [0.1, 0.15) is 19.8 Å². The SMILES string of the molecule is CCCCCCCC(COC(=O)CNC(=O)OCc1ccccc1)(OC(=O)C(C)C)C(=O)NC(C)(C)C. The van der Waals surface area contributed by atoms with Crippen molar-refractivity contribution in [2.75, 3.05) is 13.2 Å². The van der Waals surface area contributed by atoms with Gasteiger partial charge in [-0.05, 0) is 39.2 Å². The number of amides is 2. The van der Waals surface area contributed by atoms with Crippen molar-refractivity contribution >= 4 is 23.9 Å². The summed E-state index contributed by atoms with van der Waals surface area (Å²) in [5, 5.41) is 5.20. The van der Waals surface area contributed by atoms with Crippen LogP contribution in [0.3, 0.4) is 0 Å². The third kappa shape index (κ3) is 13.1. The van der Waals surface area contributed by atoms with Crippen LogP contribution in [0.25, 0.3) is 0 Å². The van der Waals surface area contributed by atoms with Gasteiger partial charge < -0.3 is 24.8 Å². The number of nitrogens with one attached hydrogen (secondary N) is 2. The van der Waals surface area contributed by atoms with Gasteiger partial charge in [0.15, 0.2) is 0 Å². The lowest BCUT2D eigenvalue weighted by molar-refractivity contribution is -0.183.